The number of amides is 1. The molecule has 2 aromatic heterocycles. The third-order valence-corrected chi connectivity index (χ3v) is 5.76. The second-order valence-corrected chi connectivity index (χ2v) is 7.30. The normalized spacial score (nSPS) is 19.9. The summed E-state index contributed by atoms with van der Waals surface area (Å²) < 4.78 is 0. The van der Waals surface area contributed by atoms with Crippen LogP contribution in [0.15, 0.2) is 6.33 Å². The fourth-order valence-corrected chi connectivity index (χ4v) is 4.50. The molecule has 2 aromatic rings. The van der Waals surface area contributed by atoms with Gasteiger partial charge in [-0.25, -0.2) is 9.97 Å². The van der Waals surface area contributed by atoms with Gasteiger partial charge in [-0.2, -0.15) is 0 Å². The van der Waals surface area contributed by atoms with Crippen LogP contribution in [0.2, 0.25) is 0 Å². The molecule has 23 heavy (non-hydrogen) atoms. The van der Waals surface area contributed by atoms with Gasteiger partial charge in [0.1, 0.15) is 6.04 Å². The van der Waals surface area contributed by atoms with Gasteiger partial charge in [0.05, 0.1) is 22.7 Å². The average Bonchev–Trinajstić information content (AvgIpc) is 3.20. The summed E-state index contributed by atoms with van der Waals surface area (Å²) in [4.78, 5) is 26.0. The Hall–Kier alpha value is -1.73. The standard InChI is InChI=1S/C16H21N5OS/c22-16(15-14-11(5-7-17-15)19-9-20-14)18-8-6-13-21-10-3-1-2-4-12(10)23-13/h9,15,17H,1-8H2,(H,18,22)(H,19,20)/t15-/m1/s1. The van der Waals surface area contributed by atoms with Gasteiger partial charge < -0.3 is 15.6 Å². The minimum atomic E-state index is -0.338. The summed E-state index contributed by atoms with van der Waals surface area (Å²) in [5, 5.41) is 7.41. The molecule has 7 heteroatoms. The van der Waals surface area contributed by atoms with E-state index in [0.717, 1.165) is 42.2 Å². The number of H-pyrrole nitrogens is 1. The average molecular weight is 331 g/mol. The molecule has 0 unspecified atom stereocenters. The quantitative estimate of drug-likeness (QED) is 0.788. The summed E-state index contributed by atoms with van der Waals surface area (Å²) in [6.45, 7) is 1.43. The van der Waals surface area contributed by atoms with Crippen LogP contribution in [0.3, 0.4) is 0 Å². The highest BCUT2D eigenvalue weighted by molar-refractivity contribution is 7.11. The molecule has 0 bridgehead atoms. The Morgan fingerprint density at radius 3 is 3.17 bits per heavy atom. The number of fused-ring (bicyclic) bond motifs is 2. The Morgan fingerprint density at radius 1 is 1.35 bits per heavy atom. The van der Waals surface area contributed by atoms with Crippen molar-refractivity contribution in [3.8, 4) is 0 Å². The van der Waals surface area contributed by atoms with E-state index >= 15 is 0 Å². The van der Waals surface area contributed by atoms with Crippen LogP contribution in [0.1, 0.15) is 45.9 Å². The van der Waals surface area contributed by atoms with Gasteiger partial charge in [-0.1, -0.05) is 0 Å². The van der Waals surface area contributed by atoms with Crippen molar-refractivity contribution in [3.63, 3.8) is 0 Å². The maximum absolute atomic E-state index is 12.4. The summed E-state index contributed by atoms with van der Waals surface area (Å²) in [7, 11) is 0. The van der Waals surface area contributed by atoms with Crippen LogP contribution in [0.4, 0.5) is 0 Å². The minimum absolute atomic E-state index is 0.000584. The third-order valence-electron chi connectivity index (χ3n) is 4.54. The van der Waals surface area contributed by atoms with Crippen molar-refractivity contribution in [1.82, 2.24) is 25.6 Å². The molecule has 3 N–H and O–H groups in total. The lowest BCUT2D eigenvalue weighted by atomic mass is 10.0. The van der Waals surface area contributed by atoms with Gasteiger partial charge >= 0.3 is 0 Å². The van der Waals surface area contributed by atoms with Crippen LogP contribution in [-0.4, -0.2) is 33.9 Å². The zero-order chi connectivity index (χ0) is 15.6. The zero-order valence-electron chi connectivity index (χ0n) is 13.0. The number of carbonyl (C=O) groups excluding carboxylic acids is 1. The van der Waals surface area contributed by atoms with Crippen LogP contribution in [0.5, 0.6) is 0 Å². The molecule has 0 saturated heterocycles. The topological polar surface area (TPSA) is 82.7 Å². The van der Waals surface area contributed by atoms with E-state index in [2.05, 4.69) is 20.6 Å². The van der Waals surface area contributed by atoms with Crippen LogP contribution in [0.25, 0.3) is 0 Å². The van der Waals surface area contributed by atoms with Gasteiger partial charge in [0.25, 0.3) is 0 Å². The first-order valence-electron chi connectivity index (χ1n) is 8.32. The lowest BCUT2D eigenvalue weighted by molar-refractivity contribution is -0.123. The molecule has 122 valence electrons. The van der Waals surface area contributed by atoms with E-state index in [1.54, 1.807) is 6.33 Å². The number of nitrogens with zero attached hydrogens (tertiary/aromatic N) is 2. The maximum atomic E-state index is 12.4. The highest BCUT2D eigenvalue weighted by atomic mass is 32.1. The summed E-state index contributed by atoms with van der Waals surface area (Å²) in [5.41, 5.74) is 3.19. The lowest BCUT2D eigenvalue weighted by Crippen LogP contribution is -2.42. The van der Waals surface area contributed by atoms with Gasteiger partial charge in [-0.15, -0.1) is 11.3 Å². The number of nitrogens with one attached hydrogen (secondary N) is 3. The first-order valence-corrected chi connectivity index (χ1v) is 9.13. The van der Waals surface area contributed by atoms with Gasteiger partial charge in [-0.3, -0.25) is 4.79 Å². The number of hydrogen-bond donors (Lipinski definition) is 3. The van der Waals surface area contributed by atoms with Crippen LogP contribution >= 0.6 is 11.3 Å². The molecule has 0 saturated carbocycles. The number of rotatable bonds is 4. The molecule has 0 radical (unpaired) electrons. The smallest absolute Gasteiger partial charge is 0.243 e. The molecule has 1 aliphatic heterocycles. The SMILES string of the molecule is O=C(NCCc1nc2c(s1)CCCC2)[C@@H]1NCCc2[nH]cnc21. The van der Waals surface area contributed by atoms with Gasteiger partial charge in [0.15, 0.2) is 0 Å². The number of aromatic amines is 1. The second kappa shape index (κ2) is 6.41. The summed E-state index contributed by atoms with van der Waals surface area (Å²) in [6.07, 6.45) is 8.20. The summed E-state index contributed by atoms with van der Waals surface area (Å²) in [6, 6.07) is -0.338. The molecular weight excluding hydrogens is 310 g/mol. The number of carbonyl (C=O) groups is 1. The molecule has 3 heterocycles. The van der Waals surface area contributed by atoms with Crippen molar-refractivity contribution in [2.24, 2.45) is 0 Å². The lowest BCUT2D eigenvalue weighted by Gasteiger charge is -2.22. The Kier molecular flexibility index (Phi) is 4.13. The van der Waals surface area contributed by atoms with E-state index in [4.69, 9.17) is 4.98 Å². The van der Waals surface area contributed by atoms with Crippen molar-refractivity contribution in [3.05, 3.63) is 33.3 Å². The monoisotopic (exact) mass is 331 g/mol. The minimum Gasteiger partial charge on any atom is -0.354 e. The molecule has 1 amide bonds. The predicted molar refractivity (Wildman–Crippen MR) is 88.5 cm³/mol. The molecule has 6 nitrogen and oxygen atoms in total. The first-order chi connectivity index (χ1) is 11.3. The van der Waals surface area contributed by atoms with E-state index in [1.807, 2.05) is 11.3 Å². The molecule has 4 rings (SSSR count). The van der Waals surface area contributed by atoms with Gasteiger partial charge in [0.2, 0.25) is 5.91 Å². The molecular formula is C16H21N5OS. The van der Waals surface area contributed by atoms with E-state index < -0.39 is 0 Å². The highest BCUT2D eigenvalue weighted by Crippen LogP contribution is 2.26. The third kappa shape index (κ3) is 3.03. The molecule has 0 spiro atoms. The molecule has 0 aromatic carbocycles. The number of aromatic nitrogens is 3. The Labute approximate surface area is 139 Å². The van der Waals surface area contributed by atoms with E-state index in [1.165, 1.54) is 29.8 Å². The Balaban J connectivity index is 1.33. The Bertz CT molecular complexity index is 684. The van der Waals surface area contributed by atoms with Gasteiger partial charge in [-0.05, 0) is 25.7 Å². The number of thiazole rings is 1. The van der Waals surface area contributed by atoms with Crippen LogP contribution in [-0.2, 0) is 30.5 Å². The second-order valence-electron chi connectivity index (χ2n) is 6.13. The van der Waals surface area contributed by atoms with Crippen molar-refractivity contribution in [1.29, 1.82) is 0 Å². The number of imidazole rings is 1. The Morgan fingerprint density at radius 2 is 2.26 bits per heavy atom. The number of aryl methyl sites for hydroxylation is 2. The highest BCUT2D eigenvalue weighted by Gasteiger charge is 2.28. The molecule has 1 atom stereocenters. The summed E-state index contributed by atoms with van der Waals surface area (Å²) in [5.74, 6) is -0.000584. The van der Waals surface area contributed by atoms with E-state index in [-0.39, 0.29) is 11.9 Å². The first kappa shape index (κ1) is 14.8. The van der Waals surface area contributed by atoms with Gasteiger partial charge in [0, 0.05) is 36.5 Å². The predicted octanol–water partition coefficient (Wildman–Crippen LogP) is 1.29. The van der Waals surface area contributed by atoms with E-state index in [9.17, 15) is 4.79 Å². The molecule has 0 fully saturated rings. The van der Waals surface area contributed by atoms with Crippen molar-refractivity contribution in [2.75, 3.05) is 13.1 Å². The van der Waals surface area contributed by atoms with Crippen molar-refractivity contribution < 1.29 is 4.79 Å². The molecule has 2 aliphatic rings. The fraction of sp³-hybridized carbons (Fsp3) is 0.562. The fourth-order valence-electron chi connectivity index (χ4n) is 3.34. The van der Waals surface area contributed by atoms with Crippen LogP contribution < -0.4 is 10.6 Å². The van der Waals surface area contributed by atoms with Crippen molar-refractivity contribution in [2.45, 2.75) is 44.6 Å². The van der Waals surface area contributed by atoms with Crippen molar-refractivity contribution >= 4 is 17.2 Å². The largest absolute Gasteiger partial charge is 0.354 e. The summed E-state index contributed by atoms with van der Waals surface area (Å²) >= 11 is 1.82. The van der Waals surface area contributed by atoms with Crippen LogP contribution in [0, 0.1) is 0 Å². The molecule has 1 aliphatic carbocycles. The van der Waals surface area contributed by atoms with E-state index in [0.29, 0.717) is 6.54 Å². The zero-order valence-corrected chi connectivity index (χ0v) is 13.8. The maximum Gasteiger partial charge on any atom is 0.243 e. The number of hydrogen-bond acceptors (Lipinski definition) is 5.